The smallest absolute Gasteiger partial charge is 0.127 e. The number of benzene rings is 2. The van der Waals surface area contributed by atoms with Crippen LogP contribution in [0, 0.1) is 5.82 Å². The molecule has 0 aliphatic rings. The molecule has 5 heteroatoms. The molecule has 1 nitrogen and oxygen atoms in total. The summed E-state index contributed by atoms with van der Waals surface area (Å²) >= 11 is 13.4. The molecule has 1 N–H and O–H groups in total. The highest BCUT2D eigenvalue weighted by Gasteiger charge is 2.13. The van der Waals surface area contributed by atoms with Crippen molar-refractivity contribution >= 4 is 35.0 Å². The van der Waals surface area contributed by atoms with Gasteiger partial charge in [-0.25, -0.2) is 4.39 Å². The molecule has 106 valence electrons. The normalized spacial score (nSPS) is 12.4. The molecule has 0 spiro atoms. The van der Waals surface area contributed by atoms with Crippen molar-refractivity contribution < 1.29 is 9.50 Å². The molecule has 0 fully saturated rings. The van der Waals surface area contributed by atoms with Crippen molar-refractivity contribution in [1.29, 1.82) is 0 Å². The van der Waals surface area contributed by atoms with Crippen LogP contribution in [0.4, 0.5) is 4.39 Å². The molecular weight excluding hydrogens is 318 g/mol. The monoisotopic (exact) mass is 330 g/mol. The van der Waals surface area contributed by atoms with Crippen LogP contribution in [0.3, 0.4) is 0 Å². The van der Waals surface area contributed by atoms with Gasteiger partial charge in [-0.2, -0.15) is 0 Å². The van der Waals surface area contributed by atoms with Crippen LogP contribution in [0.5, 0.6) is 0 Å². The minimum atomic E-state index is -0.689. The fourth-order valence-corrected chi connectivity index (χ4v) is 3.18. The van der Waals surface area contributed by atoms with Gasteiger partial charge >= 0.3 is 0 Å². The maximum atomic E-state index is 13.6. The van der Waals surface area contributed by atoms with Crippen molar-refractivity contribution in [2.45, 2.75) is 17.4 Å². The second-order valence-corrected chi connectivity index (χ2v) is 6.18. The Bertz CT molecular complexity index is 572. The topological polar surface area (TPSA) is 20.2 Å². The van der Waals surface area contributed by atoms with E-state index in [0.29, 0.717) is 21.4 Å². The first-order valence-corrected chi connectivity index (χ1v) is 7.80. The van der Waals surface area contributed by atoms with E-state index in [2.05, 4.69) is 0 Å². The van der Waals surface area contributed by atoms with Crippen LogP contribution in [0.15, 0.2) is 47.4 Å². The van der Waals surface area contributed by atoms with Gasteiger partial charge in [-0.3, -0.25) is 0 Å². The molecular formula is C15H13Cl2FOS. The quantitative estimate of drug-likeness (QED) is 0.792. The second kappa shape index (κ2) is 7.32. The van der Waals surface area contributed by atoms with Gasteiger partial charge in [0.1, 0.15) is 5.82 Å². The van der Waals surface area contributed by atoms with E-state index in [-0.39, 0.29) is 12.2 Å². The average molecular weight is 331 g/mol. The minimum Gasteiger partial charge on any atom is -0.392 e. The van der Waals surface area contributed by atoms with E-state index >= 15 is 0 Å². The summed E-state index contributed by atoms with van der Waals surface area (Å²) in [6, 6.07) is 11.9. The highest BCUT2D eigenvalue weighted by molar-refractivity contribution is 7.99. The fraction of sp³-hybridized carbons (Fsp3) is 0.200. The van der Waals surface area contributed by atoms with Crippen molar-refractivity contribution in [3.05, 3.63) is 63.9 Å². The van der Waals surface area contributed by atoms with E-state index in [0.717, 1.165) is 4.90 Å². The number of halogens is 3. The van der Waals surface area contributed by atoms with Crippen LogP contribution in [0.2, 0.25) is 10.0 Å². The third-order valence-electron chi connectivity index (χ3n) is 2.77. The number of aliphatic hydroxyl groups is 1. The molecule has 0 saturated carbocycles. The number of rotatable bonds is 5. The molecule has 0 saturated heterocycles. The summed E-state index contributed by atoms with van der Waals surface area (Å²) in [7, 11) is 0. The van der Waals surface area contributed by atoms with Gasteiger partial charge in [-0.1, -0.05) is 41.4 Å². The van der Waals surface area contributed by atoms with Gasteiger partial charge < -0.3 is 5.11 Å². The van der Waals surface area contributed by atoms with Crippen molar-refractivity contribution in [3.63, 3.8) is 0 Å². The molecule has 1 atom stereocenters. The first-order chi connectivity index (χ1) is 9.58. The minimum absolute atomic E-state index is 0.183. The zero-order valence-electron chi connectivity index (χ0n) is 10.5. The van der Waals surface area contributed by atoms with Gasteiger partial charge in [-0.15, -0.1) is 11.8 Å². The van der Waals surface area contributed by atoms with Gasteiger partial charge in [0.05, 0.1) is 11.1 Å². The van der Waals surface area contributed by atoms with Crippen LogP contribution in [-0.4, -0.2) is 17.0 Å². The van der Waals surface area contributed by atoms with Gasteiger partial charge in [0.25, 0.3) is 0 Å². The first kappa shape index (κ1) is 15.6. The Kier molecular flexibility index (Phi) is 5.73. The van der Waals surface area contributed by atoms with E-state index in [4.69, 9.17) is 23.2 Å². The van der Waals surface area contributed by atoms with Crippen molar-refractivity contribution in [2.24, 2.45) is 0 Å². The Labute approximate surface area is 131 Å². The molecule has 1 unspecified atom stereocenters. The standard InChI is InChI=1S/C15H13Cl2FOS/c16-12-5-3-6-14(18)11(12)8-10(19)9-20-15-7-2-1-4-13(15)17/h1-7,10,19H,8-9H2. The summed E-state index contributed by atoms with van der Waals surface area (Å²) < 4.78 is 13.6. The fourth-order valence-electron chi connectivity index (χ4n) is 1.77. The molecule has 2 aromatic rings. The lowest BCUT2D eigenvalue weighted by atomic mass is 10.1. The van der Waals surface area contributed by atoms with Gasteiger partial charge in [0.15, 0.2) is 0 Å². The molecule has 2 aromatic carbocycles. The third kappa shape index (κ3) is 4.13. The lowest BCUT2D eigenvalue weighted by molar-refractivity contribution is 0.199. The highest BCUT2D eigenvalue weighted by atomic mass is 35.5. The van der Waals surface area contributed by atoms with Crippen molar-refractivity contribution in [1.82, 2.24) is 0 Å². The largest absolute Gasteiger partial charge is 0.392 e. The van der Waals surface area contributed by atoms with Crippen LogP contribution in [0.25, 0.3) is 0 Å². The van der Waals surface area contributed by atoms with Crippen molar-refractivity contribution in [2.75, 3.05) is 5.75 Å². The summed E-state index contributed by atoms with van der Waals surface area (Å²) in [6.07, 6.45) is -0.506. The van der Waals surface area contributed by atoms with E-state index in [1.165, 1.54) is 17.8 Å². The SMILES string of the molecule is OC(CSc1ccccc1Cl)Cc1c(F)cccc1Cl. The van der Waals surface area contributed by atoms with E-state index in [9.17, 15) is 9.50 Å². The molecule has 0 aliphatic heterocycles. The molecule has 0 bridgehead atoms. The Morgan fingerprint density at radius 2 is 1.75 bits per heavy atom. The number of hydrogen-bond acceptors (Lipinski definition) is 2. The van der Waals surface area contributed by atoms with Gasteiger partial charge in [0, 0.05) is 27.7 Å². The second-order valence-electron chi connectivity index (χ2n) is 4.30. The van der Waals surface area contributed by atoms with Gasteiger partial charge in [-0.05, 0) is 24.3 Å². The molecule has 0 aliphatic carbocycles. The molecule has 0 heterocycles. The maximum absolute atomic E-state index is 13.6. The molecule has 0 radical (unpaired) electrons. The molecule has 0 aromatic heterocycles. The Morgan fingerprint density at radius 1 is 1.05 bits per heavy atom. The Balaban J connectivity index is 1.96. The first-order valence-electron chi connectivity index (χ1n) is 6.06. The van der Waals surface area contributed by atoms with Crippen LogP contribution < -0.4 is 0 Å². The Morgan fingerprint density at radius 3 is 2.45 bits per heavy atom. The molecule has 20 heavy (non-hydrogen) atoms. The summed E-state index contributed by atoms with van der Waals surface area (Å²) in [5.41, 5.74) is 0.349. The summed E-state index contributed by atoms with van der Waals surface area (Å²) in [5, 5.41) is 11.0. The number of hydrogen-bond donors (Lipinski definition) is 1. The Hall–Kier alpha value is -0.740. The average Bonchev–Trinajstić information content (AvgIpc) is 2.42. The maximum Gasteiger partial charge on any atom is 0.127 e. The van der Waals surface area contributed by atoms with Crippen LogP contribution in [-0.2, 0) is 6.42 Å². The van der Waals surface area contributed by atoms with E-state index in [1.807, 2.05) is 18.2 Å². The predicted octanol–water partition coefficient (Wildman–Crippen LogP) is 4.83. The van der Waals surface area contributed by atoms with Crippen LogP contribution >= 0.6 is 35.0 Å². The summed E-state index contributed by atoms with van der Waals surface area (Å²) in [6.45, 7) is 0. The highest BCUT2D eigenvalue weighted by Crippen LogP contribution is 2.28. The lowest BCUT2D eigenvalue weighted by Gasteiger charge is -2.12. The summed E-state index contributed by atoms with van der Waals surface area (Å²) in [5.74, 6) is 0.0355. The summed E-state index contributed by atoms with van der Waals surface area (Å²) in [4.78, 5) is 0.896. The molecule has 2 rings (SSSR count). The van der Waals surface area contributed by atoms with Gasteiger partial charge in [0.2, 0.25) is 0 Å². The molecule has 0 amide bonds. The lowest BCUT2D eigenvalue weighted by Crippen LogP contribution is -2.14. The number of thioether (sulfide) groups is 1. The van der Waals surface area contributed by atoms with E-state index < -0.39 is 6.10 Å². The van der Waals surface area contributed by atoms with Crippen molar-refractivity contribution in [3.8, 4) is 0 Å². The predicted molar refractivity (Wildman–Crippen MR) is 83.3 cm³/mol. The van der Waals surface area contributed by atoms with Crippen LogP contribution in [0.1, 0.15) is 5.56 Å². The van der Waals surface area contributed by atoms with E-state index in [1.54, 1.807) is 18.2 Å². The zero-order chi connectivity index (χ0) is 14.5. The third-order valence-corrected chi connectivity index (χ3v) is 4.78. The number of aliphatic hydroxyl groups excluding tert-OH is 1. The zero-order valence-corrected chi connectivity index (χ0v) is 12.9.